The molecule has 0 atom stereocenters. The molecule has 1 N–H and O–H groups in total. The molecule has 0 fully saturated rings. The molecule has 4 nitrogen and oxygen atoms in total. The molecule has 0 saturated heterocycles. The van der Waals surface area contributed by atoms with Crippen LogP contribution in [0, 0.1) is 0 Å². The number of hydrogen-bond donors (Lipinski definition) is 1. The molecule has 0 aliphatic carbocycles. The van der Waals surface area contributed by atoms with E-state index in [0.29, 0.717) is 21.8 Å². The van der Waals surface area contributed by atoms with Gasteiger partial charge in [-0.05, 0) is 36.4 Å². The van der Waals surface area contributed by atoms with E-state index in [9.17, 15) is 9.59 Å². The van der Waals surface area contributed by atoms with Gasteiger partial charge in [0.1, 0.15) is 0 Å². The van der Waals surface area contributed by atoms with Crippen molar-refractivity contribution >= 4 is 29.0 Å². The van der Waals surface area contributed by atoms with E-state index in [2.05, 4.69) is 5.32 Å². The van der Waals surface area contributed by atoms with Crippen molar-refractivity contribution in [2.45, 2.75) is 0 Å². The molecule has 2 aromatic carbocycles. The van der Waals surface area contributed by atoms with Crippen LogP contribution in [0.5, 0.6) is 0 Å². The zero-order valence-electron chi connectivity index (χ0n) is 12.9. The summed E-state index contributed by atoms with van der Waals surface area (Å²) in [5.74, 6) is -0.468. The number of carbonyl (C=O) groups excluding carboxylic acids is 2. The van der Waals surface area contributed by atoms with Gasteiger partial charge >= 0.3 is 0 Å². The summed E-state index contributed by atoms with van der Waals surface area (Å²) >= 11 is 5.82. The van der Waals surface area contributed by atoms with E-state index in [1.54, 1.807) is 59.6 Å². The molecule has 2 rings (SSSR count). The van der Waals surface area contributed by atoms with Crippen LogP contribution in [0.25, 0.3) is 0 Å². The largest absolute Gasteiger partial charge is 0.383 e. The van der Waals surface area contributed by atoms with Crippen LogP contribution in [0.1, 0.15) is 20.7 Å². The summed E-state index contributed by atoms with van der Waals surface area (Å²) in [5, 5.41) is 3.33. The Hall–Kier alpha value is -2.59. The number of para-hydroxylation sites is 1. The monoisotopic (exact) mass is 328 g/mol. The van der Waals surface area contributed by atoms with Crippen LogP contribution < -0.4 is 5.32 Å². The molecule has 0 unspecified atom stereocenters. The maximum atomic E-state index is 12.3. The molecular formula is C18H17ClN2O2. The fraction of sp³-hybridized carbons (Fsp3) is 0.111. The molecule has 0 heterocycles. The van der Waals surface area contributed by atoms with Gasteiger partial charge in [-0.1, -0.05) is 23.7 Å². The van der Waals surface area contributed by atoms with Crippen molar-refractivity contribution in [3.05, 3.63) is 77.0 Å². The maximum absolute atomic E-state index is 12.3. The first-order valence-corrected chi connectivity index (χ1v) is 7.40. The van der Waals surface area contributed by atoms with Gasteiger partial charge in [0, 0.05) is 42.5 Å². The van der Waals surface area contributed by atoms with Crippen molar-refractivity contribution in [2.24, 2.45) is 0 Å². The maximum Gasteiger partial charge on any atom is 0.255 e. The second-order valence-electron chi connectivity index (χ2n) is 5.15. The minimum absolute atomic E-state index is 0.175. The minimum Gasteiger partial charge on any atom is -0.383 e. The SMILES string of the molecule is CN(C)/C=C/C(=O)c1ccccc1NC(=O)c1ccc(Cl)cc1. The Labute approximate surface area is 140 Å². The summed E-state index contributed by atoms with van der Waals surface area (Å²) in [5.41, 5.74) is 1.38. The first-order chi connectivity index (χ1) is 11.0. The average Bonchev–Trinajstić information content (AvgIpc) is 2.53. The number of amides is 1. The fourth-order valence-electron chi connectivity index (χ4n) is 1.91. The van der Waals surface area contributed by atoms with E-state index >= 15 is 0 Å². The van der Waals surface area contributed by atoms with Gasteiger partial charge in [-0.3, -0.25) is 9.59 Å². The Morgan fingerprint density at radius 1 is 1.04 bits per heavy atom. The number of carbonyl (C=O) groups is 2. The van der Waals surface area contributed by atoms with Crippen molar-refractivity contribution < 1.29 is 9.59 Å². The van der Waals surface area contributed by atoms with Gasteiger partial charge in [0.05, 0.1) is 5.69 Å². The molecular weight excluding hydrogens is 312 g/mol. The Balaban J connectivity index is 2.22. The number of allylic oxidation sites excluding steroid dienone is 1. The molecule has 23 heavy (non-hydrogen) atoms. The van der Waals surface area contributed by atoms with E-state index < -0.39 is 0 Å². The molecule has 0 spiro atoms. The Morgan fingerprint density at radius 3 is 2.35 bits per heavy atom. The summed E-state index contributed by atoms with van der Waals surface area (Å²) in [7, 11) is 3.66. The molecule has 118 valence electrons. The standard InChI is InChI=1S/C18H17ClN2O2/c1-21(2)12-11-17(22)15-5-3-4-6-16(15)20-18(23)13-7-9-14(19)10-8-13/h3-12H,1-2H3,(H,20,23)/b12-11+. The molecule has 2 aromatic rings. The van der Waals surface area contributed by atoms with Crippen LogP contribution in [0.2, 0.25) is 5.02 Å². The number of nitrogens with zero attached hydrogens (tertiary/aromatic N) is 1. The van der Waals surface area contributed by atoms with Gasteiger partial charge in [0.25, 0.3) is 5.91 Å². The van der Waals surface area contributed by atoms with Crippen LogP contribution in [0.4, 0.5) is 5.69 Å². The smallest absolute Gasteiger partial charge is 0.255 e. The lowest BCUT2D eigenvalue weighted by molar-refractivity contribution is 0.102. The van der Waals surface area contributed by atoms with Gasteiger partial charge in [0.15, 0.2) is 5.78 Å². The Bertz CT molecular complexity index is 737. The summed E-state index contributed by atoms with van der Waals surface area (Å²) in [6.07, 6.45) is 3.13. The van der Waals surface area contributed by atoms with E-state index in [4.69, 9.17) is 11.6 Å². The van der Waals surface area contributed by atoms with Crippen LogP contribution >= 0.6 is 11.6 Å². The highest BCUT2D eigenvalue weighted by Crippen LogP contribution is 2.18. The summed E-state index contributed by atoms with van der Waals surface area (Å²) in [6.45, 7) is 0. The van der Waals surface area contributed by atoms with E-state index in [-0.39, 0.29) is 11.7 Å². The normalized spacial score (nSPS) is 10.6. The van der Waals surface area contributed by atoms with Gasteiger partial charge in [-0.15, -0.1) is 0 Å². The number of rotatable bonds is 5. The lowest BCUT2D eigenvalue weighted by Gasteiger charge is -2.10. The number of nitrogens with one attached hydrogen (secondary N) is 1. The van der Waals surface area contributed by atoms with Crippen molar-refractivity contribution in [3.63, 3.8) is 0 Å². The average molecular weight is 329 g/mol. The third-order valence-electron chi connectivity index (χ3n) is 3.07. The first-order valence-electron chi connectivity index (χ1n) is 7.02. The van der Waals surface area contributed by atoms with Crippen LogP contribution in [0.15, 0.2) is 60.8 Å². The number of hydrogen-bond acceptors (Lipinski definition) is 3. The van der Waals surface area contributed by atoms with Crippen molar-refractivity contribution in [1.82, 2.24) is 4.90 Å². The van der Waals surface area contributed by atoms with E-state index in [1.165, 1.54) is 6.08 Å². The van der Waals surface area contributed by atoms with Gasteiger partial charge in [0.2, 0.25) is 0 Å². The number of halogens is 1. The number of anilines is 1. The van der Waals surface area contributed by atoms with Crippen LogP contribution in [-0.2, 0) is 0 Å². The van der Waals surface area contributed by atoms with Crippen LogP contribution in [0.3, 0.4) is 0 Å². The molecule has 0 aliphatic heterocycles. The number of ketones is 1. The van der Waals surface area contributed by atoms with Crippen molar-refractivity contribution in [3.8, 4) is 0 Å². The zero-order valence-corrected chi connectivity index (χ0v) is 13.7. The highest BCUT2D eigenvalue weighted by molar-refractivity contribution is 6.30. The molecule has 0 aliphatic rings. The quantitative estimate of drug-likeness (QED) is 0.670. The molecule has 0 radical (unpaired) electrons. The highest BCUT2D eigenvalue weighted by Gasteiger charge is 2.12. The molecule has 5 heteroatoms. The molecule has 0 bridgehead atoms. The minimum atomic E-state index is -0.293. The Kier molecular flexibility index (Phi) is 5.55. The van der Waals surface area contributed by atoms with E-state index in [1.807, 2.05) is 14.1 Å². The summed E-state index contributed by atoms with van der Waals surface area (Å²) in [4.78, 5) is 26.3. The molecule has 1 amide bonds. The zero-order chi connectivity index (χ0) is 16.8. The predicted octanol–water partition coefficient (Wildman–Crippen LogP) is 3.85. The van der Waals surface area contributed by atoms with Crippen molar-refractivity contribution in [1.29, 1.82) is 0 Å². The second-order valence-corrected chi connectivity index (χ2v) is 5.59. The summed E-state index contributed by atoms with van der Waals surface area (Å²) in [6, 6.07) is 13.5. The third kappa shape index (κ3) is 4.69. The second kappa shape index (κ2) is 7.61. The lowest BCUT2D eigenvalue weighted by Crippen LogP contribution is -2.14. The molecule has 0 saturated carbocycles. The molecule has 0 aromatic heterocycles. The third-order valence-corrected chi connectivity index (χ3v) is 3.32. The van der Waals surface area contributed by atoms with Crippen LogP contribution in [-0.4, -0.2) is 30.7 Å². The van der Waals surface area contributed by atoms with E-state index in [0.717, 1.165) is 0 Å². The highest BCUT2D eigenvalue weighted by atomic mass is 35.5. The van der Waals surface area contributed by atoms with Gasteiger partial charge in [-0.2, -0.15) is 0 Å². The first kappa shape index (κ1) is 16.8. The number of benzene rings is 2. The predicted molar refractivity (Wildman–Crippen MR) is 93.0 cm³/mol. The fourth-order valence-corrected chi connectivity index (χ4v) is 2.04. The van der Waals surface area contributed by atoms with Gasteiger partial charge in [-0.25, -0.2) is 0 Å². The van der Waals surface area contributed by atoms with Crippen molar-refractivity contribution in [2.75, 3.05) is 19.4 Å². The topological polar surface area (TPSA) is 49.4 Å². The van der Waals surface area contributed by atoms with Gasteiger partial charge < -0.3 is 10.2 Å². The lowest BCUT2D eigenvalue weighted by atomic mass is 10.1. The summed E-state index contributed by atoms with van der Waals surface area (Å²) < 4.78 is 0. The Morgan fingerprint density at radius 2 is 1.70 bits per heavy atom.